The summed E-state index contributed by atoms with van der Waals surface area (Å²) in [5, 5.41) is 6.86. The molecule has 104 valence electrons. The summed E-state index contributed by atoms with van der Waals surface area (Å²) in [5.41, 5.74) is 1.19. The van der Waals surface area contributed by atoms with E-state index in [0.717, 1.165) is 12.2 Å². The number of benzene rings is 1. The Morgan fingerprint density at radius 2 is 2.40 bits per heavy atom. The summed E-state index contributed by atoms with van der Waals surface area (Å²) in [6, 6.07) is 7.58. The zero-order valence-electron chi connectivity index (χ0n) is 11.2. The van der Waals surface area contributed by atoms with Crippen molar-refractivity contribution in [2.45, 2.75) is 25.5 Å². The molecular formula is C14H16N4O2. The number of hydrogen-bond donors (Lipinski definition) is 1. The van der Waals surface area contributed by atoms with Crippen LogP contribution in [0.15, 0.2) is 36.9 Å². The van der Waals surface area contributed by atoms with E-state index in [-0.39, 0.29) is 18.1 Å². The molecule has 0 spiro atoms. The second-order valence-electron chi connectivity index (χ2n) is 4.85. The summed E-state index contributed by atoms with van der Waals surface area (Å²) in [5.74, 6) is 0.825. The van der Waals surface area contributed by atoms with Gasteiger partial charge in [0.25, 0.3) is 0 Å². The van der Waals surface area contributed by atoms with Crippen molar-refractivity contribution in [1.29, 1.82) is 0 Å². The van der Waals surface area contributed by atoms with Gasteiger partial charge in [-0.15, -0.1) is 0 Å². The third kappa shape index (κ3) is 2.49. The van der Waals surface area contributed by atoms with E-state index in [9.17, 15) is 4.79 Å². The molecule has 0 saturated heterocycles. The average molecular weight is 272 g/mol. The first-order valence-electron chi connectivity index (χ1n) is 6.60. The predicted molar refractivity (Wildman–Crippen MR) is 72.3 cm³/mol. The second kappa shape index (κ2) is 5.32. The minimum atomic E-state index is -0.374. The van der Waals surface area contributed by atoms with Crippen molar-refractivity contribution in [3.8, 4) is 5.75 Å². The van der Waals surface area contributed by atoms with Gasteiger partial charge in [0, 0.05) is 6.42 Å². The van der Waals surface area contributed by atoms with Gasteiger partial charge in [-0.1, -0.05) is 18.2 Å². The molecule has 20 heavy (non-hydrogen) atoms. The summed E-state index contributed by atoms with van der Waals surface area (Å²) in [4.78, 5) is 15.9. The van der Waals surface area contributed by atoms with Crippen molar-refractivity contribution < 1.29 is 9.53 Å². The van der Waals surface area contributed by atoms with Crippen LogP contribution in [0.25, 0.3) is 0 Å². The van der Waals surface area contributed by atoms with Crippen LogP contribution in [-0.4, -0.2) is 33.3 Å². The molecule has 0 aliphatic carbocycles. The van der Waals surface area contributed by atoms with Crippen molar-refractivity contribution in [2.24, 2.45) is 0 Å². The molecule has 6 heteroatoms. The summed E-state index contributed by atoms with van der Waals surface area (Å²) in [7, 11) is 0. The number of carbonyl (C=O) groups excluding carboxylic acids is 1. The van der Waals surface area contributed by atoms with Gasteiger partial charge < -0.3 is 10.1 Å². The van der Waals surface area contributed by atoms with Crippen LogP contribution in [-0.2, 0) is 11.2 Å². The van der Waals surface area contributed by atoms with Gasteiger partial charge in [0.1, 0.15) is 30.5 Å². The van der Waals surface area contributed by atoms with Crippen LogP contribution in [0.1, 0.15) is 18.5 Å². The van der Waals surface area contributed by atoms with Gasteiger partial charge in [-0.25, -0.2) is 9.67 Å². The van der Waals surface area contributed by atoms with Crippen LogP contribution in [0.2, 0.25) is 0 Å². The third-order valence-corrected chi connectivity index (χ3v) is 3.43. The Hall–Kier alpha value is -2.37. The highest BCUT2D eigenvalue weighted by Gasteiger charge is 2.24. The maximum atomic E-state index is 12.0. The number of amides is 1. The molecule has 2 aromatic rings. The highest BCUT2D eigenvalue weighted by Crippen LogP contribution is 2.27. The molecule has 0 radical (unpaired) electrons. The van der Waals surface area contributed by atoms with Gasteiger partial charge in [0.2, 0.25) is 5.91 Å². The lowest BCUT2D eigenvalue weighted by Gasteiger charge is -2.15. The van der Waals surface area contributed by atoms with Gasteiger partial charge in [-0.3, -0.25) is 4.79 Å². The fourth-order valence-corrected chi connectivity index (χ4v) is 2.27. The van der Waals surface area contributed by atoms with Crippen LogP contribution in [0.5, 0.6) is 5.75 Å². The van der Waals surface area contributed by atoms with Crippen LogP contribution >= 0.6 is 0 Å². The van der Waals surface area contributed by atoms with Crippen molar-refractivity contribution in [1.82, 2.24) is 20.1 Å². The minimum Gasteiger partial charge on any atom is -0.488 e. The molecule has 2 heterocycles. The maximum Gasteiger partial charge on any atom is 0.244 e. The van der Waals surface area contributed by atoms with Crippen molar-refractivity contribution in [2.75, 3.05) is 6.54 Å². The number of ether oxygens (including phenoxy) is 1. The third-order valence-electron chi connectivity index (χ3n) is 3.43. The van der Waals surface area contributed by atoms with Crippen LogP contribution in [0, 0.1) is 0 Å². The number of hydrogen-bond acceptors (Lipinski definition) is 4. The van der Waals surface area contributed by atoms with Crippen LogP contribution < -0.4 is 10.1 Å². The Morgan fingerprint density at radius 1 is 1.55 bits per heavy atom. The Balaban J connectivity index is 1.53. The molecule has 0 unspecified atom stereocenters. The molecule has 1 aliphatic heterocycles. The Kier molecular flexibility index (Phi) is 3.37. The molecule has 1 N–H and O–H groups in total. The first-order valence-corrected chi connectivity index (χ1v) is 6.60. The molecule has 1 aromatic heterocycles. The Morgan fingerprint density at radius 3 is 3.15 bits per heavy atom. The van der Waals surface area contributed by atoms with Gasteiger partial charge in [0.05, 0.1) is 6.54 Å². The molecule has 3 rings (SSSR count). The monoisotopic (exact) mass is 272 g/mol. The summed E-state index contributed by atoms with van der Waals surface area (Å²) in [6.07, 6.45) is 3.78. The van der Waals surface area contributed by atoms with Crippen LogP contribution in [0.4, 0.5) is 0 Å². The zero-order chi connectivity index (χ0) is 13.9. The number of aromatic nitrogens is 3. The van der Waals surface area contributed by atoms with E-state index in [1.54, 1.807) is 6.92 Å². The normalized spacial score (nSPS) is 18.1. The quantitative estimate of drug-likeness (QED) is 0.900. The van der Waals surface area contributed by atoms with E-state index in [2.05, 4.69) is 21.5 Å². The van der Waals surface area contributed by atoms with Crippen molar-refractivity contribution in [3.63, 3.8) is 0 Å². The fraction of sp³-hybridized carbons (Fsp3) is 0.357. The highest BCUT2D eigenvalue weighted by atomic mass is 16.5. The van der Waals surface area contributed by atoms with Crippen molar-refractivity contribution in [3.05, 3.63) is 42.5 Å². The highest BCUT2D eigenvalue weighted by molar-refractivity contribution is 5.79. The number of para-hydroxylation sites is 1. The molecule has 1 aromatic carbocycles. The lowest BCUT2D eigenvalue weighted by atomic mass is 10.1. The summed E-state index contributed by atoms with van der Waals surface area (Å²) >= 11 is 0. The fourth-order valence-electron chi connectivity index (χ4n) is 2.27. The number of nitrogens with zero attached hydrogens (tertiary/aromatic N) is 3. The molecular weight excluding hydrogens is 256 g/mol. The van der Waals surface area contributed by atoms with Gasteiger partial charge >= 0.3 is 0 Å². The first kappa shape index (κ1) is 12.7. The number of nitrogens with one attached hydrogen (secondary N) is 1. The molecule has 1 aliphatic rings. The van der Waals surface area contributed by atoms with E-state index in [1.165, 1.54) is 22.9 Å². The Bertz CT molecular complexity index is 572. The second-order valence-corrected chi connectivity index (χ2v) is 4.85. The van der Waals surface area contributed by atoms with Crippen LogP contribution in [0.3, 0.4) is 0 Å². The zero-order valence-corrected chi connectivity index (χ0v) is 11.2. The largest absolute Gasteiger partial charge is 0.488 e. The number of fused-ring (bicyclic) bond motifs is 1. The van der Waals surface area contributed by atoms with Gasteiger partial charge in [-0.2, -0.15) is 5.10 Å². The van der Waals surface area contributed by atoms with E-state index in [4.69, 9.17) is 4.74 Å². The smallest absolute Gasteiger partial charge is 0.244 e. The SMILES string of the molecule is C[C@H](C(=O)NC[C@H]1Cc2ccccc2O1)n1cncn1. The molecule has 2 atom stereocenters. The van der Waals surface area contributed by atoms with E-state index in [1.807, 2.05) is 18.2 Å². The van der Waals surface area contributed by atoms with E-state index < -0.39 is 0 Å². The molecule has 6 nitrogen and oxygen atoms in total. The molecule has 0 fully saturated rings. The number of rotatable bonds is 4. The van der Waals surface area contributed by atoms with E-state index in [0.29, 0.717) is 6.54 Å². The lowest BCUT2D eigenvalue weighted by Crippen LogP contribution is -2.38. The molecule has 1 amide bonds. The Labute approximate surface area is 116 Å². The summed E-state index contributed by atoms with van der Waals surface area (Å²) < 4.78 is 7.31. The summed E-state index contributed by atoms with van der Waals surface area (Å²) in [6.45, 7) is 2.28. The topological polar surface area (TPSA) is 69.0 Å². The number of carbonyl (C=O) groups is 1. The standard InChI is InChI=1S/C14H16N4O2/c1-10(18-9-15-8-17-18)14(19)16-7-12-6-11-4-2-3-5-13(11)20-12/h2-5,8-10,12H,6-7H2,1H3,(H,16,19)/t10-,12-/m1/s1. The maximum absolute atomic E-state index is 12.0. The van der Waals surface area contributed by atoms with E-state index >= 15 is 0 Å². The lowest BCUT2D eigenvalue weighted by molar-refractivity contribution is -0.124. The van der Waals surface area contributed by atoms with Gasteiger partial charge in [0.15, 0.2) is 0 Å². The first-order chi connectivity index (χ1) is 9.74. The predicted octanol–water partition coefficient (Wildman–Crippen LogP) is 0.959. The van der Waals surface area contributed by atoms with Crippen molar-refractivity contribution >= 4 is 5.91 Å². The van der Waals surface area contributed by atoms with Gasteiger partial charge in [-0.05, 0) is 18.6 Å². The average Bonchev–Trinajstić information content (AvgIpc) is 3.12. The molecule has 0 saturated carbocycles. The minimum absolute atomic E-state index is 0.000651. The molecule has 0 bridgehead atoms.